The number of rotatable bonds is 1. The van der Waals surface area contributed by atoms with Gasteiger partial charge in [-0.2, -0.15) is 0 Å². The minimum atomic E-state index is 0. The van der Waals surface area contributed by atoms with Gasteiger partial charge in [0.05, 0.1) is 6.54 Å². The fourth-order valence-corrected chi connectivity index (χ4v) is 3.53. The van der Waals surface area contributed by atoms with Crippen LogP contribution in [0.5, 0.6) is 0 Å². The third kappa shape index (κ3) is 2.56. The number of hydrogen-bond donors (Lipinski definition) is 0. The van der Waals surface area contributed by atoms with Gasteiger partial charge < -0.3 is 0 Å². The molecule has 0 aliphatic carbocycles. The molecule has 0 aromatic rings. The van der Waals surface area contributed by atoms with E-state index < -0.39 is 0 Å². The summed E-state index contributed by atoms with van der Waals surface area (Å²) in [6.07, 6.45) is 9.74. The van der Waals surface area contributed by atoms with Crippen molar-refractivity contribution in [3.63, 3.8) is 0 Å². The molecule has 0 spiro atoms. The van der Waals surface area contributed by atoms with Gasteiger partial charge in [-0.25, -0.2) is 0 Å². The van der Waals surface area contributed by atoms with Crippen molar-refractivity contribution in [2.45, 2.75) is 48.5 Å². The summed E-state index contributed by atoms with van der Waals surface area (Å²) >= 11 is 12.6. The Morgan fingerprint density at radius 1 is 1.07 bits per heavy atom. The predicted octanol–water partition coefficient (Wildman–Crippen LogP) is 2.88. The lowest BCUT2D eigenvalue weighted by molar-refractivity contribution is 0.0604. The molecule has 0 aromatic carbocycles. The first-order valence-electron chi connectivity index (χ1n) is 5.21. The van der Waals surface area contributed by atoms with Crippen molar-refractivity contribution in [3.05, 3.63) is 0 Å². The van der Waals surface area contributed by atoms with Gasteiger partial charge >= 0.3 is 0 Å². The van der Waals surface area contributed by atoms with Gasteiger partial charge in [0.2, 0.25) is 0 Å². The van der Waals surface area contributed by atoms with Crippen LogP contribution in [0.2, 0.25) is 0 Å². The molecule has 15 heavy (non-hydrogen) atoms. The first kappa shape index (κ1) is 13.5. The number of halogens is 3. The Morgan fingerprint density at radius 2 is 1.53 bits per heavy atom. The zero-order valence-corrected chi connectivity index (χ0v) is 10.9. The lowest BCUT2D eigenvalue weighted by Gasteiger charge is -2.49. The summed E-state index contributed by atoms with van der Waals surface area (Å²) in [6, 6.07) is 0.919. The molecule has 0 aromatic heterocycles. The second kappa shape index (κ2) is 5.64. The summed E-state index contributed by atoms with van der Waals surface area (Å²) in [6.45, 7) is 0.696. The fraction of sp³-hybridized carbons (Fsp3) is 0.818. The Labute approximate surface area is 108 Å². The van der Waals surface area contributed by atoms with E-state index in [1.54, 1.807) is 0 Å². The highest BCUT2D eigenvalue weighted by Gasteiger charge is 2.42. The molecule has 0 radical (unpaired) electrons. The van der Waals surface area contributed by atoms with E-state index in [9.17, 15) is 0 Å². The van der Waals surface area contributed by atoms with Crippen molar-refractivity contribution in [3.8, 4) is 12.3 Å². The summed E-state index contributed by atoms with van der Waals surface area (Å²) in [5.74, 6) is 2.72. The maximum absolute atomic E-state index is 6.31. The quantitative estimate of drug-likeness (QED) is 0.522. The van der Waals surface area contributed by atoms with Crippen LogP contribution in [0.15, 0.2) is 0 Å². The predicted molar refractivity (Wildman–Crippen MR) is 68.1 cm³/mol. The molecule has 0 unspecified atom stereocenters. The van der Waals surface area contributed by atoms with Crippen molar-refractivity contribution in [2.75, 3.05) is 6.54 Å². The van der Waals surface area contributed by atoms with Gasteiger partial charge in [-0.05, 0) is 25.7 Å². The van der Waals surface area contributed by atoms with Crippen LogP contribution in [0.3, 0.4) is 0 Å². The third-order valence-electron chi connectivity index (χ3n) is 3.44. The van der Waals surface area contributed by atoms with Crippen LogP contribution in [-0.4, -0.2) is 34.3 Å². The highest BCUT2D eigenvalue weighted by molar-refractivity contribution is 6.22. The van der Waals surface area contributed by atoms with Crippen molar-refractivity contribution in [2.24, 2.45) is 0 Å². The summed E-state index contributed by atoms with van der Waals surface area (Å²) in [5, 5.41) is 0.535. The molecule has 2 aliphatic rings. The zero-order chi connectivity index (χ0) is 10.1. The van der Waals surface area contributed by atoms with Crippen LogP contribution >= 0.6 is 35.6 Å². The Bertz CT molecular complexity index is 233. The summed E-state index contributed by atoms with van der Waals surface area (Å²) in [4.78, 5) is 2.34. The monoisotopic (exact) mass is 267 g/mol. The molecular weight excluding hydrogens is 252 g/mol. The van der Waals surface area contributed by atoms with Crippen LogP contribution < -0.4 is 0 Å². The number of alkyl halides is 2. The van der Waals surface area contributed by atoms with E-state index in [-0.39, 0.29) is 23.2 Å². The van der Waals surface area contributed by atoms with Crippen molar-refractivity contribution >= 4 is 35.6 Å². The summed E-state index contributed by atoms with van der Waals surface area (Å²) in [5.41, 5.74) is 0. The Balaban J connectivity index is 0.00000112. The second-order valence-corrected chi connectivity index (χ2v) is 5.32. The van der Waals surface area contributed by atoms with E-state index >= 15 is 0 Å². The maximum Gasteiger partial charge on any atom is 0.0605 e. The molecule has 0 amide bonds. The zero-order valence-electron chi connectivity index (χ0n) is 8.53. The largest absolute Gasteiger partial charge is 0.283 e. The third-order valence-corrected chi connectivity index (χ3v) is 4.46. The first-order valence-corrected chi connectivity index (χ1v) is 6.08. The number of nitrogens with zero attached hydrogens (tertiary/aromatic N) is 1. The minimum Gasteiger partial charge on any atom is -0.283 e. The molecule has 2 saturated heterocycles. The van der Waals surface area contributed by atoms with E-state index in [4.69, 9.17) is 29.6 Å². The Hall–Kier alpha value is 0.390. The lowest BCUT2D eigenvalue weighted by Crippen LogP contribution is -2.58. The molecule has 2 aliphatic heterocycles. The lowest BCUT2D eigenvalue weighted by atomic mass is 9.84. The van der Waals surface area contributed by atoms with E-state index in [0.29, 0.717) is 18.6 Å². The first-order chi connectivity index (χ1) is 6.74. The van der Waals surface area contributed by atoms with Gasteiger partial charge in [-0.3, -0.25) is 4.90 Å². The van der Waals surface area contributed by atoms with Crippen molar-refractivity contribution < 1.29 is 0 Å². The molecule has 0 N–H and O–H groups in total. The standard InChI is InChI=1S/C11H15Cl2N.ClH/c1-2-7-14-10-5-3-8(12)11(14)6-4-9(10)13;/h1,8-11H,3-7H2;1H/t8-,9+,10-,11-;/m0./s1. The smallest absolute Gasteiger partial charge is 0.0605 e. The molecule has 86 valence electrons. The average molecular weight is 269 g/mol. The molecule has 2 bridgehead atoms. The summed E-state index contributed by atoms with van der Waals surface area (Å²) in [7, 11) is 0. The number of hydrogen-bond acceptors (Lipinski definition) is 1. The van der Waals surface area contributed by atoms with Crippen LogP contribution in [0.25, 0.3) is 0 Å². The Kier molecular flexibility index (Phi) is 5.06. The topological polar surface area (TPSA) is 3.24 Å². The van der Waals surface area contributed by atoms with Crippen LogP contribution in [0.1, 0.15) is 25.7 Å². The molecule has 2 heterocycles. The van der Waals surface area contributed by atoms with E-state index in [0.717, 1.165) is 25.7 Å². The highest BCUT2D eigenvalue weighted by atomic mass is 35.5. The number of terminal acetylenes is 1. The maximum atomic E-state index is 6.31. The van der Waals surface area contributed by atoms with Gasteiger partial charge in [0.15, 0.2) is 0 Å². The molecular formula is C11H16Cl3N. The van der Waals surface area contributed by atoms with Crippen molar-refractivity contribution in [1.82, 2.24) is 4.90 Å². The molecule has 2 fully saturated rings. The number of fused-ring (bicyclic) bond motifs is 2. The van der Waals surface area contributed by atoms with E-state index in [2.05, 4.69) is 10.8 Å². The van der Waals surface area contributed by atoms with Crippen LogP contribution in [0.4, 0.5) is 0 Å². The van der Waals surface area contributed by atoms with Crippen molar-refractivity contribution in [1.29, 1.82) is 0 Å². The molecule has 4 atom stereocenters. The van der Waals surface area contributed by atoms with Crippen LogP contribution in [-0.2, 0) is 0 Å². The Morgan fingerprint density at radius 3 is 1.93 bits per heavy atom. The fourth-order valence-electron chi connectivity index (χ4n) is 2.74. The second-order valence-electron chi connectivity index (χ2n) is 4.20. The van der Waals surface area contributed by atoms with Crippen LogP contribution in [0, 0.1) is 12.3 Å². The highest BCUT2D eigenvalue weighted by Crippen LogP contribution is 2.38. The molecule has 2 rings (SSSR count). The van der Waals surface area contributed by atoms with Gasteiger partial charge in [0.1, 0.15) is 0 Å². The normalized spacial score (nSPS) is 40.3. The molecule has 0 saturated carbocycles. The van der Waals surface area contributed by atoms with Gasteiger partial charge in [-0.1, -0.05) is 5.92 Å². The summed E-state index contributed by atoms with van der Waals surface area (Å²) < 4.78 is 0. The van der Waals surface area contributed by atoms with E-state index in [1.807, 2.05) is 0 Å². The van der Waals surface area contributed by atoms with E-state index in [1.165, 1.54) is 0 Å². The van der Waals surface area contributed by atoms with Gasteiger partial charge in [-0.15, -0.1) is 42.0 Å². The molecule has 1 nitrogen and oxygen atoms in total. The van der Waals surface area contributed by atoms with Gasteiger partial charge in [0, 0.05) is 22.8 Å². The van der Waals surface area contributed by atoms with Gasteiger partial charge in [0.25, 0.3) is 0 Å². The number of piperidine rings is 2. The average Bonchev–Trinajstić information content (AvgIpc) is 2.16. The minimum absolute atomic E-state index is 0. The SMILES string of the molecule is C#CCN1[C@H]2CC[C@H](Cl)[C@@H]1CC[C@H]2Cl.Cl. The molecule has 4 heteroatoms.